The Labute approximate surface area is 138 Å². The van der Waals surface area contributed by atoms with Crippen LogP contribution in [0.3, 0.4) is 0 Å². The summed E-state index contributed by atoms with van der Waals surface area (Å²) in [6.07, 6.45) is 2.98. The van der Waals surface area contributed by atoms with E-state index in [4.69, 9.17) is 17.3 Å². The summed E-state index contributed by atoms with van der Waals surface area (Å²) in [7, 11) is 0. The van der Waals surface area contributed by atoms with Crippen molar-refractivity contribution in [3.63, 3.8) is 0 Å². The van der Waals surface area contributed by atoms with Gasteiger partial charge >= 0.3 is 0 Å². The summed E-state index contributed by atoms with van der Waals surface area (Å²) >= 11 is 0. The van der Waals surface area contributed by atoms with Crippen LogP contribution in [0.5, 0.6) is 5.75 Å². The normalized spacial score (nSPS) is 15.4. The number of ether oxygens (including phenoxy) is 2. The van der Waals surface area contributed by atoms with Crippen molar-refractivity contribution in [2.75, 3.05) is 26.4 Å². The zero-order chi connectivity index (χ0) is 18.2. The van der Waals surface area contributed by atoms with Crippen molar-refractivity contribution in [1.29, 1.82) is 0 Å². The van der Waals surface area contributed by atoms with Crippen molar-refractivity contribution >= 4 is 0 Å². The molecule has 0 saturated carbocycles. The smallest absolute Gasteiger partial charge is 0.119 e. The van der Waals surface area contributed by atoms with E-state index in [9.17, 15) is 0 Å². The average molecular weight is 310 g/mol. The molecule has 0 radical (unpaired) electrons. The molecule has 126 valence electrons. The van der Waals surface area contributed by atoms with Crippen LogP contribution in [-0.4, -0.2) is 31.5 Å². The van der Waals surface area contributed by atoms with Crippen LogP contribution in [0.1, 0.15) is 55.3 Å². The molecule has 0 bridgehead atoms. The predicted molar refractivity (Wildman–Crippen MR) is 91.6 cm³/mol. The number of benzene rings is 1. The summed E-state index contributed by atoms with van der Waals surface area (Å²) in [4.78, 5) is 0. The summed E-state index contributed by atoms with van der Waals surface area (Å²) < 4.78 is 27.5. The molecule has 1 N–H and O–H groups in total. The lowest BCUT2D eigenvalue weighted by molar-refractivity contribution is 0.0705. The lowest BCUT2D eigenvalue weighted by Crippen LogP contribution is -2.21. The zero-order valence-electron chi connectivity index (χ0n) is 16.4. The highest BCUT2D eigenvalue weighted by molar-refractivity contribution is 5.32. The molecule has 0 spiro atoms. The van der Waals surface area contributed by atoms with E-state index in [0.29, 0.717) is 43.6 Å². The van der Waals surface area contributed by atoms with E-state index in [1.807, 2.05) is 0 Å². The molecule has 0 saturated heterocycles. The van der Waals surface area contributed by atoms with Crippen LogP contribution in [0.2, 0.25) is 0 Å². The first-order valence-electron chi connectivity index (χ1n) is 9.27. The minimum absolute atomic E-state index is 0.00554. The number of aliphatic hydroxyl groups excluding tert-OH is 1. The lowest BCUT2D eigenvalue weighted by atomic mass is 9.75. The lowest BCUT2D eigenvalue weighted by Gasteiger charge is -2.30. The fourth-order valence-electron chi connectivity index (χ4n) is 2.27. The summed E-state index contributed by atoms with van der Waals surface area (Å²) in [5.41, 5.74) is 0.663. The van der Waals surface area contributed by atoms with E-state index in [-0.39, 0.29) is 12.0 Å². The van der Waals surface area contributed by atoms with E-state index in [1.54, 1.807) is 12.1 Å². The number of aliphatic hydroxyl groups is 1. The van der Waals surface area contributed by atoms with Crippen LogP contribution in [0.15, 0.2) is 24.2 Å². The molecule has 3 heteroatoms. The molecule has 0 fully saturated rings. The van der Waals surface area contributed by atoms with Crippen molar-refractivity contribution in [2.24, 2.45) is 5.92 Å². The van der Waals surface area contributed by atoms with Crippen molar-refractivity contribution in [2.45, 2.75) is 52.4 Å². The SMILES string of the molecule is [2H]c1cc(OCCOCCO)cc([2H])c1C(C)(CC)CCC(C)C. The topological polar surface area (TPSA) is 38.7 Å². The number of hydrogen-bond acceptors (Lipinski definition) is 3. The predicted octanol–water partition coefficient (Wildman–Crippen LogP) is 4.18. The fourth-order valence-corrected chi connectivity index (χ4v) is 2.27. The second-order valence-electron chi connectivity index (χ2n) is 6.39. The molecule has 1 unspecified atom stereocenters. The van der Waals surface area contributed by atoms with Crippen LogP contribution < -0.4 is 4.74 Å². The van der Waals surface area contributed by atoms with E-state index >= 15 is 0 Å². The Balaban J connectivity index is 2.85. The van der Waals surface area contributed by atoms with Gasteiger partial charge in [0.25, 0.3) is 0 Å². The molecule has 1 rings (SSSR count). The Hall–Kier alpha value is -1.06. The molecule has 0 aromatic heterocycles. The van der Waals surface area contributed by atoms with Crippen LogP contribution in [0.25, 0.3) is 0 Å². The molecule has 0 amide bonds. The highest BCUT2D eigenvalue weighted by Gasteiger charge is 2.24. The molecule has 3 nitrogen and oxygen atoms in total. The van der Waals surface area contributed by atoms with Gasteiger partial charge in [-0.3, -0.25) is 0 Å². The molecular weight excluding hydrogens is 276 g/mol. The Kier molecular flexibility index (Phi) is 7.09. The third-order valence-corrected chi connectivity index (χ3v) is 4.11. The number of hydrogen-bond donors (Lipinski definition) is 1. The highest BCUT2D eigenvalue weighted by atomic mass is 16.5. The van der Waals surface area contributed by atoms with E-state index < -0.39 is 0 Å². The van der Waals surface area contributed by atoms with Gasteiger partial charge in [0.15, 0.2) is 0 Å². The quantitative estimate of drug-likeness (QED) is 0.623. The molecular formula is C19H32O3. The van der Waals surface area contributed by atoms with Crippen molar-refractivity contribution in [3.05, 3.63) is 29.8 Å². The van der Waals surface area contributed by atoms with E-state index in [1.165, 1.54) is 0 Å². The van der Waals surface area contributed by atoms with Gasteiger partial charge in [0.05, 0.1) is 22.6 Å². The minimum atomic E-state index is -0.152. The largest absolute Gasteiger partial charge is 0.491 e. The second kappa shape index (κ2) is 9.86. The van der Waals surface area contributed by atoms with Crippen molar-refractivity contribution in [1.82, 2.24) is 0 Å². The maximum atomic E-state index is 8.65. The minimum Gasteiger partial charge on any atom is -0.491 e. The van der Waals surface area contributed by atoms with Gasteiger partial charge < -0.3 is 14.6 Å². The molecule has 1 aromatic carbocycles. The Morgan fingerprint density at radius 1 is 1.23 bits per heavy atom. The molecule has 0 aliphatic carbocycles. The molecule has 0 aliphatic heterocycles. The molecule has 22 heavy (non-hydrogen) atoms. The first-order valence-corrected chi connectivity index (χ1v) is 8.27. The van der Waals surface area contributed by atoms with Gasteiger partial charge in [-0.2, -0.15) is 0 Å². The summed E-state index contributed by atoms with van der Waals surface area (Å²) in [5.74, 6) is 1.14. The second-order valence-corrected chi connectivity index (χ2v) is 6.39. The maximum Gasteiger partial charge on any atom is 0.119 e. The van der Waals surface area contributed by atoms with Gasteiger partial charge in [-0.1, -0.05) is 46.2 Å². The Morgan fingerprint density at radius 3 is 2.45 bits per heavy atom. The van der Waals surface area contributed by atoms with E-state index in [0.717, 1.165) is 24.8 Å². The summed E-state index contributed by atoms with van der Waals surface area (Å²) in [6, 6.07) is 4.15. The number of rotatable bonds is 11. The third kappa shape index (κ3) is 6.37. The van der Waals surface area contributed by atoms with Gasteiger partial charge in [0.2, 0.25) is 0 Å². The van der Waals surface area contributed by atoms with Gasteiger partial charge in [-0.15, -0.1) is 0 Å². The summed E-state index contributed by atoms with van der Waals surface area (Å²) in [6.45, 7) is 9.70. The fraction of sp³-hybridized carbons (Fsp3) is 0.684. The van der Waals surface area contributed by atoms with Gasteiger partial charge in [0, 0.05) is 0 Å². The monoisotopic (exact) mass is 310 g/mol. The van der Waals surface area contributed by atoms with E-state index in [2.05, 4.69) is 27.7 Å². The standard InChI is InChI=1S/C19H32O3/c1-5-19(4,11-10-16(2)3)17-6-8-18(9-7-17)22-15-14-21-13-12-20/h6-9,16,20H,5,10-15H2,1-4H3/i6D,7D. The van der Waals surface area contributed by atoms with Crippen molar-refractivity contribution < 1.29 is 17.3 Å². The zero-order valence-corrected chi connectivity index (χ0v) is 14.4. The van der Waals surface area contributed by atoms with Crippen LogP contribution >= 0.6 is 0 Å². The maximum absolute atomic E-state index is 8.65. The van der Waals surface area contributed by atoms with Gasteiger partial charge in [0.1, 0.15) is 12.4 Å². The van der Waals surface area contributed by atoms with Crippen LogP contribution in [-0.2, 0) is 10.2 Å². The molecule has 0 aliphatic rings. The third-order valence-electron chi connectivity index (χ3n) is 4.11. The Bertz CT molecular complexity index is 482. The van der Waals surface area contributed by atoms with Crippen LogP contribution in [0, 0.1) is 5.92 Å². The molecule has 0 heterocycles. The highest BCUT2D eigenvalue weighted by Crippen LogP contribution is 2.34. The Morgan fingerprint density at radius 2 is 1.91 bits per heavy atom. The average Bonchev–Trinajstić information content (AvgIpc) is 2.52. The van der Waals surface area contributed by atoms with Gasteiger partial charge in [-0.25, -0.2) is 0 Å². The first-order chi connectivity index (χ1) is 11.3. The molecule has 1 atom stereocenters. The van der Waals surface area contributed by atoms with Crippen molar-refractivity contribution in [3.8, 4) is 5.75 Å². The molecule has 1 aromatic rings. The van der Waals surface area contributed by atoms with Gasteiger partial charge in [-0.05, 0) is 41.9 Å². The first kappa shape index (κ1) is 15.8. The van der Waals surface area contributed by atoms with Crippen LogP contribution in [0.4, 0.5) is 0 Å². The summed E-state index contributed by atoms with van der Waals surface area (Å²) in [5, 5.41) is 8.65.